The Bertz CT molecular complexity index is 556. The molecule has 6 nitrogen and oxygen atoms in total. The predicted molar refractivity (Wildman–Crippen MR) is 69.4 cm³/mol. The van der Waals surface area contributed by atoms with Gasteiger partial charge in [-0.15, -0.1) is 0 Å². The number of allylic oxidation sites excluding steroid dienone is 2. The van der Waals surface area contributed by atoms with Gasteiger partial charge in [-0.1, -0.05) is 0 Å². The quantitative estimate of drug-likeness (QED) is 0.758. The first-order valence-electron chi connectivity index (χ1n) is 5.41. The normalized spacial score (nSPS) is 13.9. The third-order valence-electron chi connectivity index (χ3n) is 2.85. The summed E-state index contributed by atoms with van der Waals surface area (Å²) < 4.78 is 1.53. The molecule has 1 aliphatic rings. The summed E-state index contributed by atoms with van der Waals surface area (Å²) in [6, 6.07) is 0. The zero-order valence-corrected chi connectivity index (χ0v) is 10.7. The van der Waals surface area contributed by atoms with Gasteiger partial charge in [0.05, 0.1) is 0 Å². The molecule has 0 saturated carbocycles. The minimum atomic E-state index is -0.0851. The molecule has 2 N–H and O–H groups in total. The summed E-state index contributed by atoms with van der Waals surface area (Å²) >= 11 is 0. The van der Waals surface area contributed by atoms with Crippen LogP contribution in [0.2, 0.25) is 0 Å². The Hall–Kier alpha value is -1.98. The number of nitrogens with one attached hydrogen (secondary N) is 2. The number of hydrogen-bond donors (Lipinski definition) is 2. The maximum Gasteiger partial charge on any atom is 0.280 e. The molecule has 0 atom stereocenters. The lowest BCUT2D eigenvalue weighted by Gasteiger charge is -2.24. The van der Waals surface area contributed by atoms with Gasteiger partial charge in [-0.3, -0.25) is 9.36 Å². The van der Waals surface area contributed by atoms with E-state index >= 15 is 0 Å². The molecule has 17 heavy (non-hydrogen) atoms. The second-order valence-electron chi connectivity index (χ2n) is 4.39. The average molecular weight is 235 g/mol. The number of anilines is 3. The van der Waals surface area contributed by atoms with Gasteiger partial charge in [0.2, 0.25) is 5.95 Å². The Kier molecular flexibility index (Phi) is 2.57. The standard InChI is InChI=1S/C11H17N5O/c1-6-7(2)13-9-8(12-6)10(17)16(5)11(14-9)15(3)4/h12-13H,1-5H3. The molecule has 1 aromatic rings. The number of rotatable bonds is 1. The Labute approximate surface area is 100.0 Å². The van der Waals surface area contributed by atoms with E-state index in [0.29, 0.717) is 17.5 Å². The van der Waals surface area contributed by atoms with Gasteiger partial charge in [0.1, 0.15) is 5.69 Å². The first-order valence-corrected chi connectivity index (χ1v) is 5.41. The molecule has 0 amide bonds. The fourth-order valence-electron chi connectivity index (χ4n) is 1.75. The molecular weight excluding hydrogens is 218 g/mol. The van der Waals surface area contributed by atoms with Gasteiger partial charge in [-0.05, 0) is 13.8 Å². The zero-order chi connectivity index (χ0) is 12.7. The average Bonchev–Trinajstić information content (AvgIpc) is 2.26. The van der Waals surface area contributed by atoms with E-state index in [1.54, 1.807) is 7.05 Å². The zero-order valence-electron chi connectivity index (χ0n) is 10.7. The number of aromatic nitrogens is 2. The molecule has 2 rings (SSSR count). The van der Waals surface area contributed by atoms with E-state index < -0.39 is 0 Å². The molecule has 2 heterocycles. The topological polar surface area (TPSA) is 62.2 Å². The molecule has 0 aromatic carbocycles. The Morgan fingerprint density at radius 2 is 1.76 bits per heavy atom. The van der Waals surface area contributed by atoms with Crippen molar-refractivity contribution in [3.63, 3.8) is 0 Å². The molecule has 0 unspecified atom stereocenters. The second kappa shape index (κ2) is 3.80. The Morgan fingerprint density at radius 3 is 2.35 bits per heavy atom. The molecule has 92 valence electrons. The molecular formula is C11H17N5O. The maximum atomic E-state index is 12.2. The van der Waals surface area contributed by atoms with Crippen molar-refractivity contribution in [3.8, 4) is 0 Å². The van der Waals surface area contributed by atoms with Crippen LogP contribution in [-0.4, -0.2) is 23.6 Å². The summed E-state index contributed by atoms with van der Waals surface area (Å²) in [4.78, 5) is 18.4. The summed E-state index contributed by atoms with van der Waals surface area (Å²) in [5.74, 6) is 1.20. The molecule has 0 bridgehead atoms. The molecule has 0 radical (unpaired) electrons. The SMILES string of the molecule is CC1=C(C)Nc2c(nc(N(C)C)n(C)c2=O)N1. The van der Waals surface area contributed by atoms with Crippen LogP contribution in [0.1, 0.15) is 13.8 Å². The van der Waals surface area contributed by atoms with Gasteiger partial charge in [-0.25, -0.2) is 0 Å². The van der Waals surface area contributed by atoms with Crippen molar-refractivity contribution >= 4 is 17.5 Å². The summed E-state index contributed by atoms with van der Waals surface area (Å²) in [7, 11) is 5.43. The maximum absolute atomic E-state index is 12.2. The van der Waals surface area contributed by atoms with E-state index in [9.17, 15) is 4.79 Å². The van der Waals surface area contributed by atoms with Crippen molar-refractivity contribution in [2.45, 2.75) is 13.8 Å². The highest BCUT2D eigenvalue weighted by Gasteiger charge is 2.20. The van der Waals surface area contributed by atoms with E-state index in [2.05, 4.69) is 15.6 Å². The van der Waals surface area contributed by atoms with E-state index in [1.165, 1.54) is 4.57 Å². The highest BCUT2D eigenvalue weighted by Crippen LogP contribution is 2.25. The molecule has 0 aliphatic carbocycles. The van der Waals surface area contributed by atoms with Gasteiger partial charge in [0.15, 0.2) is 5.82 Å². The third kappa shape index (κ3) is 1.75. The lowest BCUT2D eigenvalue weighted by Crippen LogP contribution is -2.31. The fourth-order valence-corrected chi connectivity index (χ4v) is 1.75. The summed E-state index contributed by atoms with van der Waals surface area (Å²) in [5.41, 5.74) is 2.33. The van der Waals surface area contributed by atoms with Crippen LogP contribution in [0, 0.1) is 0 Å². The van der Waals surface area contributed by atoms with Crippen LogP contribution in [-0.2, 0) is 7.05 Å². The highest BCUT2D eigenvalue weighted by molar-refractivity contribution is 5.72. The fraction of sp³-hybridized carbons (Fsp3) is 0.455. The lowest BCUT2D eigenvalue weighted by atomic mass is 10.2. The minimum Gasteiger partial charge on any atom is -0.350 e. The van der Waals surface area contributed by atoms with Gasteiger partial charge in [0, 0.05) is 32.5 Å². The third-order valence-corrected chi connectivity index (χ3v) is 2.85. The van der Waals surface area contributed by atoms with Crippen LogP contribution >= 0.6 is 0 Å². The van der Waals surface area contributed by atoms with Crippen LogP contribution in [0.25, 0.3) is 0 Å². The number of hydrogen-bond acceptors (Lipinski definition) is 5. The number of fused-ring (bicyclic) bond motifs is 1. The van der Waals surface area contributed by atoms with Crippen LogP contribution < -0.4 is 21.1 Å². The van der Waals surface area contributed by atoms with Crippen molar-refractivity contribution in [2.75, 3.05) is 29.6 Å². The van der Waals surface area contributed by atoms with Crippen molar-refractivity contribution in [2.24, 2.45) is 7.05 Å². The van der Waals surface area contributed by atoms with Crippen molar-refractivity contribution < 1.29 is 0 Å². The Balaban J connectivity index is 2.64. The van der Waals surface area contributed by atoms with Crippen molar-refractivity contribution in [1.29, 1.82) is 0 Å². The largest absolute Gasteiger partial charge is 0.350 e. The van der Waals surface area contributed by atoms with E-state index in [4.69, 9.17) is 0 Å². The first-order chi connectivity index (χ1) is 7.91. The highest BCUT2D eigenvalue weighted by atomic mass is 16.1. The Morgan fingerprint density at radius 1 is 1.18 bits per heavy atom. The lowest BCUT2D eigenvalue weighted by molar-refractivity contribution is 0.796. The second-order valence-corrected chi connectivity index (χ2v) is 4.39. The van der Waals surface area contributed by atoms with Crippen molar-refractivity contribution in [1.82, 2.24) is 9.55 Å². The van der Waals surface area contributed by atoms with Crippen molar-refractivity contribution in [3.05, 3.63) is 21.7 Å². The molecule has 0 fully saturated rings. The van der Waals surface area contributed by atoms with Crippen LogP contribution in [0.4, 0.5) is 17.5 Å². The molecule has 6 heteroatoms. The van der Waals surface area contributed by atoms with Crippen LogP contribution in [0.15, 0.2) is 16.2 Å². The summed E-state index contributed by atoms with van der Waals surface area (Å²) in [6.07, 6.45) is 0. The summed E-state index contributed by atoms with van der Waals surface area (Å²) in [6.45, 7) is 3.87. The molecule has 0 spiro atoms. The molecule has 1 aromatic heterocycles. The molecule has 1 aliphatic heterocycles. The predicted octanol–water partition coefficient (Wildman–Crippen LogP) is 0.935. The van der Waals surface area contributed by atoms with E-state index in [1.807, 2.05) is 32.8 Å². The first kappa shape index (κ1) is 11.5. The monoisotopic (exact) mass is 235 g/mol. The van der Waals surface area contributed by atoms with Gasteiger partial charge < -0.3 is 15.5 Å². The van der Waals surface area contributed by atoms with Gasteiger partial charge in [0.25, 0.3) is 5.56 Å². The minimum absolute atomic E-state index is 0.0851. The smallest absolute Gasteiger partial charge is 0.280 e. The van der Waals surface area contributed by atoms with Crippen LogP contribution in [0.5, 0.6) is 0 Å². The number of nitrogens with zero attached hydrogens (tertiary/aromatic N) is 3. The summed E-state index contributed by atoms with van der Waals surface area (Å²) in [5, 5.41) is 6.23. The van der Waals surface area contributed by atoms with E-state index in [-0.39, 0.29) is 5.56 Å². The van der Waals surface area contributed by atoms with E-state index in [0.717, 1.165) is 11.4 Å². The van der Waals surface area contributed by atoms with Crippen LogP contribution in [0.3, 0.4) is 0 Å². The van der Waals surface area contributed by atoms with Gasteiger partial charge in [-0.2, -0.15) is 4.98 Å². The van der Waals surface area contributed by atoms with Gasteiger partial charge >= 0.3 is 0 Å². The molecule has 0 saturated heterocycles.